The number of halogens is 3. The number of anilines is 3. The van der Waals surface area contributed by atoms with Crippen LogP contribution in [0.25, 0.3) is 0 Å². The Morgan fingerprint density at radius 2 is 1.64 bits per heavy atom. The number of carbonyl (C=O) groups is 2. The van der Waals surface area contributed by atoms with Crippen LogP contribution in [0.5, 0.6) is 0 Å². The lowest BCUT2D eigenvalue weighted by Crippen LogP contribution is -2.46. The molecule has 0 saturated carbocycles. The number of nitrogens with zero attached hydrogens (tertiary/aromatic N) is 2. The number of alkyl halides is 3. The number of hydrogen-bond acceptors (Lipinski definition) is 4. The molecule has 170 valence electrons. The smallest absolute Gasteiger partial charge is 0.366 e. The first kappa shape index (κ1) is 22.1. The highest BCUT2D eigenvalue weighted by Crippen LogP contribution is 2.40. The molecule has 1 aliphatic rings. The fourth-order valence-corrected chi connectivity index (χ4v) is 3.85. The molecule has 4 rings (SSSR count). The van der Waals surface area contributed by atoms with Crippen molar-refractivity contribution < 1.29 is 22.8 Å². The molecular formula is C23H19F3N4O3. The number of benzene rings is 2. The number of H-pyrrole nitrogens is 1. The molecular weight excluding hydrogens is 437 g/mol. The second-order valence-electron chi connectivity index (χ2n) is 7.73. The molecule has 2 amide bonds. The lowest BCUT2D eigenvalue weighted by molar-refractivity contribution is -0.137. The van der Waals surface area contributed by atoms with Crippen molar-refractivity contribution in [2.24, 2.45) is 5.73 Å². The fourth-order valence-electron chi connectivity index (χ4n) is 3.85. The molecule has 0 radical (unpaired) electrons. The Bertz CT molecular complexity index is 1350. The van der Waals surface area contributed by atoms with E-state index in [0.717, 1.165) is 17.7 Å². The van der Waals surface area contributed by atoms with Gasteiger partial charge in [-0.25, -0.2) is 0 Å². The number of aryl methyl sites for hydroxylation is 2. The Labute approximate surface area is 186 Å². The topological polar surface area (TPSA) is 99.5 Å². The van der Waals surface area contributed by atoms with E-state index < -0.39 is 23.6 Å². The van der Waals surface area contributed by atoms with Crippen LogP contribution < -0.4 is 21.1 Å². The summed E-state index contributed by atoms with van der Waals surface area (Å²) in [6, 6.07) is 10.4. The quantitative estimate of drug-likeness (QED) is 0.625. The van der Waals surface area contributed by atoms with Gasteiger partial charge in [0.25, 0.3) is 5.91 Å². The van der Waals surface area contributed by atoms with Crippen molar-refractivity contribution in [2.75, 3.05) is 16.5 Å². The molecule has 0 aliphatic carbocycles. The van der Waals surface area contributed by atoms with Gasteiger partial charge in [-0.2, -0.15) is 13.2 Å². The number of amides is 2. The summed E-state index contributed by atoms with van der Waals surface area (Å²) in [4.78, 5) is 42.3. The first-order valence-corrected chi connectivity index (χ1v) is 9.88. The number of aromatic amines is 1. The lowest BCUT2D eigenvalue weighted by atomic mass is 10.0. The molecule has 0 spiro atoms. The highest BCUT2D eigenvalue weighted by Gasteiger charge is 2.37. The van der Waals surface area contributed by atoms with Gasteiger partial charge in [0.05, 0.1) is 22.5 Å². The number of nitrogens with two attached hydrogens (primary N) is 1. The molecule has 10 heteroatoms. The summed E-state index contributed by atoms with van der Waals surface area (Å²) in [7, 11) is 0. The third-order valence-electron chi connectivity index (χ3n) is 5.54. The van der Waals surface area contributed by atoms with Gasteiger partial charge in [0.1, 0.15) is 6.67 Å². The summed E-state index contributed by atoms with van der Waals surface area (Å²) in [5, 5.41) is 0. The van der Waals surface area contributed by atoms with Gasteiger partial charge < -0.3 is 15.6 Å². The maximum Gasteiger partial charge on any atom is 0.416 e. The van der Waals surface area contributed by atoms with E-state index in [1.54, 1.807) is 30.9 Å². The van der Waals surface area contributed by atoms with E-state index in [9.17, 15) is 27.6 Å². The molecule has 0 bridgehead atoms. The fraction of sp³-hybridized carbons (Fsp3) is 0.174. The Kier molecular flexibility index (Phi) is 5.23. The van der Waals surface area contributed by atoms with Gasteiger partial charge in [-0.05, 0) is 55.8 Å². The van der Waals surface area contributed by atoms with E-state index in [-0.39, 0.29) is 29.0 Å². The van der Waals surface area contributed by atoms with Gasteiger partial charge in [0, 0.05) is 23.0 Å². The molecule has 3 aromatic rings. The van der Waals surface area contributed by atoms with E-state index in [4.69, 9.17) is 5.73 Å². The molecule has 1 aliphatic heterocycles. The summed E-state index contributed by atoms with van der Waals surface area (Å²) in [6.07, 6.45) is -4.64. The highest BCUT2D eigenvalue weighted by atomic mass is 19.4. The normalized spacial score (nSPS) is 13.8. The van der Waals surface area contributed by atoms with Crippen LogP contribution in [0.2, 0.25) is 0 Å². The van der Waals surface area contributed by atoms with Crippen LogP contribution in [0.15, 0.2) is 53.3 Å². The molecule has 2 aromatic carbocycles. The number of fused-ring (bicyclic) bond motifs is 1. The van der Waals surface area contributed by atoms with Gasteiger partial charge in [-0.1, -0.05) is 6.07 Å². The average Bonchev–Trinajstić information content (AvgIpc) is 2.74. The second kappa shape index (κ2) is 7.80. The number of aromatic nitrogens is 1. The van der Waals surface area contributed by atoms with Crippen molar-refractivity contribution in [1.29, 1.82) is 0 Å². The highest BCUT2D eigenvalue weighted by molar-refractivity contribution is 6.13. The molecule has 0 atom stereocenters. The average molecular weight is 456 g/mol. The van der Waals surface area contributed by atoms with Crippen LogP contribution in [-0.4, -0.2) is 23.5 Å². The van der Waals surface area contributed by atoms with E-state index in [2.05, 4.69) is 4.98 Å². The molecule has 33 heavy (non-hydrogen) atoms. The number of rotatable bonds is 3. The third-order valence-corrected chi connectivity index (χ3v) is 5.54. The Hall–Kier alpha value is -4.08. The SMILES string of the molecule is Cc1ccc(C(N)=O)cc1N1CN(c2ccc(=O)[nH]c2C)C(=O)c2cc(C(F)(F)F)ccc21. The molecule has 7 nitrogen and oxygen atoms in total. The Morgan fingerprint density at radius 1 is 0.939 bits per heavy atom. The van der Waals surface area contributed by atoms with Gasteiger partial charge >= 0.3 is 6.18 Å². The summed E-state index contributed by atoms with van der Waals surface area (Å²) < 4.78 is 40.2. The van der Waals surface area contributed by atoms with Gasteiger partial charge in [-0.3, -0.25) is 19.3 Å². The van der Waals surface area contributed by atoms with Crippen molar-refractivity contribution in [2.45, 2.75) is 20.0 Å². The van der Waals surface area contributed by atoms with Crippen molar-refractivity contribution in [3.8, 4) is 0 Å². The van der Waals surface area contributed by atoms with Crippen LogP contribution in [0.1, 0.15) is 37.5 Å². The summed E-state index contributed by atoms with van der Waals surface area (Å²) in [5.41, 5.74) is 6.35. The maximum absolute atomic E-state index is 13.4. The molecule has 0 unspecified atom stereocenters. The Balaban J connectivity index is 1.95. The predicted octanol–water partition coefficient (Wildman–Crippen LogP) is 3.87. The Morgan fingerprint density at radius 3 is 2.27 bits per heavy atom. The number of nitrogens with one attached hydrogen (secondary N) is 1. The maximum atomic E-state index is 13.4. The van der Waals surface area contributed by atoms with Gasteiger partial charge in [0.15, 0.2) is 0 Å². The monoisotopic (exact) mass is 456 g/mol. The van der Waals surface area contributed by atoms with Crippen molar-refractivity contribution in [1.82, 2.24) is 4.98 Å². The molecule has 0 saturated heterocycles. The van der Waals surface area contributed by atoms with Gasteiger partial charge in [0.2, 0.25) is 11.5 Å². The zero-order valence-corrected chi connectivity index (χ0v) is 17.7. The van der Waals surface area contributed by atoms with Crippen LogP contribution in [-0.2, 0) is 6.18 Å². The zero-order chi connectivity index (χ0) is 24.1. The number of pyridine rings is 1. The van der Waals surface area contributed by atoms with E-state index in [0.29, 0.717) is 17.1 Å². The third kappa shape index (κ3) is 3.95. The first-order chi connectivity index (χ1) is 15.5. The summed E-state index contributed by atoms with van der Waals surface area (Å²) in [6.45, 7) is 3.30. The largest absolute Gasteiger partial charge is 0.416 e. The standard InChI is InChI=1S/C23H19F3N4O3/c1-12-3-4-14(21(27)32)9-19(12)29-11-30(17-7-8-20(31)28-13(17)2)22(33)16-10-15(23(24,25)26)5-6-18(16)29/h3-10H,11H2,1-2H3,(H2,27,32)(H,28,31). The van der Waals surface area contributed by atoms with E-state index in [1.807, 2.05) is 0 Å². The van der Waals surface area contributed by atoms with E-state index >= 15 is 0 Å². The lowest BCUT2D eigenvalue weighted by Gasteiger charge is -2.39. The summed E-state index contributed by atoms with van der Waals surface area (Å²) in [5.74, 6) is -1.31. The minimum absolute atomic E-state index is 0.0624. The van der Waals surface area contributed by atoms with Crippen LogP contribution in [0.4, 0.5) is 30.2 Å². The predicted molar refractivity (Wildman–Crippen MR) is 117 cm³/mol. The van der Waals surface area contributed by atoms with E-state index in [1.165, 1.54) is 29.2 Å². The zero-order valence-electron chi connectivity index (χ0n) is 17.7. The molecule has 1 aromatic heterocycles. The first-order valence-electron chi connectivity index (χ1n) is 9.88. The molecule has 3 N–H and O–H groups in total. The van der Waals surface area contributed by atoms with Crippen LogP contribution in [0.3, 0.4) is 0 Å². The van der Waals surface area contributed by atoms with Crippen molar-refractivity contribution >= 4 is 28.9 Å². The van der Waals surface area contributed by atoms with Crippen LogP contribution in [0, 0.1) is 13.8 Å². The van der Waals surface area contributed by atoms with Crippen molar-refractivity contribution in [3.05, 3.63) is 86.8 Å². The van der Waals surface area contributed by atoms with Crippen LogP contribution >= 0.6 is 0 Å². The molecule has 0 fully saturated rings. The van der Waals surface area contributed by atoms with Crippen molar-refractivity contribution in [3.63, 3.8) is 0 Å². The number of carbonyl (C=O) groups excluding carboxylic acids is 2. The minimum atomic E-state index is -4.64. The second-order valence-corrected chi connectivity index (χ2v) is 7.73. The minimum Gasteiger partial charge on any atom is -0.366 e. The molecule has 2 heterocycles. The number of primary amides is 1. The number of hydrogen-bond donors (Lipinski definition) is 2. The van der Waals surface area contributed by atoms with Gasteiger partial charge in [-0.15, -0.1) is 0 Å². The summed E-state index contributed by atoms with van der Waals surface area (Å²) >= 11 is 0.